The molecule has 0 atom stereocenters. The number of amides is 1. The number of carbonyl (C=O) groups excluding carboxylic acids is 1. The Morgan fingerprint density at radius 3 is 2.65 bits per heavy atom. The van der Waals surface area contributed by atoms with Crippen molar-refractivity contribution in [2.24, 2.45) is 11.1 Å². The minimum absolute atomic E-state index is 0.215. The average Bonchev–Trinajstić information content (AvgIpc) is 2.90. The highest BCUT2D eigenvalue weighted by molar-refractivity contribution is 5.92. The molecule has 0 unspecified atom stereocenters. The van der Waals surface area contributed by atoms with E-state index in [-0.39, 0.29) is 11.4 Å². The summed E-state index contributed by atoms with van der Waals surface area (Å²) in [6.07, 6.45) is 6.30. The summed E-state index contributed by atoms with van der Waals surface area (Å²) in [5.74, 6) is -0.968. The van der Waals surface area contributed by atoms with E-state index in [1.165, 1.54) is 38.2 Å². The molecular weight excluding hydrogens is 255 g/mol. The van der Waals surface area contributed by atoms with Crippen LogP contribution in [-0.4, -0.2) is 12.5 Å². The van der Waals surface area contributed by atoms with Crippen LogP contribution in [0.15, 0.2) is 18.2 Å². The van der Waals surface area contributed by atoms with Gasteiger partial charge >= 0.3 is 0 Å². The van der Waals surface area contributed by atoms with Crippen LogP contribution in [0.3, 0.4) is 0 Å². The molecule has 0 spiro atoms. The number of halogens is 1. The lowest BCUT2D eigenvalue weighted by molar-refractivity contribution is 0.1000. The molecule has 4 heteroatoms. The first kappa shape index (κ1) is 15.0. The van der Waals surface area contributed by atoms with Gasteiger partial charge in [0.05, 0.1) is 0 Å². The quantitative estimate of drug-likeness (QED) is 0.840. The number of benzene rings is 1. The molecule has 0 saturated heterocycles. The summed E-state index contributed by atoms with van der Waals surface area (Å²) in [5, 5.41) is 3.37. The number of carbonyl (C=O) groups is 1. The SMILES string of the molecule is CCC1(CNCc2ccc(C(N)=O)cc2F)CCCC1. The van der Waals surface area contributed by atoms with Gasteiger partial charge in [-0.05, 0) is 36.8 Å². The highest BCUT2D eigenvalue weighted by Gasteiger charge is 2.31. The summed E-state index contributed by atoms with van der Waals surface area (Å²) in [6, 6.07) is 4.42. The maximum absolute atomic E-state index is 13.8. The number of hydrogen-bond donors (Lipinski definition) is 2. The largest absolute Gasteiger partial charge is 0.366 e. The zero-order chi connectivity index (χ0) is 14.6. The van der Waals surface area contributed by atoms with Crippen molar-refractivity contribution < 1.29 is 9.18 Å². The fraction of sp³-hybridized carbons (Fsp3) is 0.562. The van der Waals surface area contributed by atoms with E-state index in [1.54, 1.807) is 12.1 Å². The molecule has 1 aromatic carbocycles. The van der Waals surface area contributed by atoms with Gasteiger partial charge in [-0.3, -0.25) is 4.79 Å². The summed E-state index contributed by atoms with van der Waals surface area (Å²) >= 11 is 0. The lowest BCUT2D eigenvalue weighted by Gasteiger charge is -2.27. The molecule has 1 aromatic rings. The number of rotatable bonds is 6. The second-order valence-corrected chi connectivity index (χ2v) is 5.83. The third-order valence-electron chi connectivity index (χ3n) is 4.57. The monoisotopic (exact) mass is 278 g/mol. The van der Waals surface area contributed by atoms with E-state index in [4.69, 9.17) is 5.73 Å². The lowest BCUT2D eigenvalue weighted by atomic mass is 9.83. The molecule has 0 heterocycles. The first-order chi connectivity index (χ1) is 9.56. The Bertz CT molecular complexity index is 481. The van der Waals surface area contributed by atoms with Crippen molar-refractivity contribution >= 4 is 5.91 Å². The van der Waals surface area contributed by atoms with Crippen LogP contribution in [0.25, 0.3) is 0 Å². The van der Waals surface area contributed by atoms with Crippen LogP contribution in [0.2, 0.25) is 0 Å². The van der Waals surface area contributed by atoms with Crippen molar-refractivity contribution in [2.75, 3.05) is 6.54 Å². The van der Waals surface area contributed by atoms with E-state index in [2.05, 4.69) is 12.2 Å². The molecule has 0 radical (unpaired) electrons. The standard InChI is InChI=1S/C16H23FN2O/c1-2-16(7-3-4-8-16)11-19-10-13-6-5-12(15(18)20)9-14(13)17/h5-6,9,19H,2-4,7-8,10-11H2,1H3,(H2,18,20). The van der Waals surface area contributed by atoms with Crippen LogP contribution in [0.4, 0.5) is 4.39 Å². The van der Waals surface area contributed by atoms with Crippen LogP contribution in [0.1, 0.15) is 54.9 Å². The van der Waals surface area contributed by atoms with Crippen molar-refractivity contribution in [2.45, 2.75) is 45.6 Å². The van der Waals surface area contributed by atoms with E-state index in [1.807, 2.05) is 0 Å². The molecule has 1 fully saturated rings. The van der Waals surface area contributed by atoms with Gasteiger partial charge in [-0.25, -0.2) is 4.39 Å². The highest BCUT2D eigenvalue weighted by atomic mass is 19.1. The summed E-state index contributed by atoms with van der Waals surface area (Å²) < 4.78 is 13.8. The Hall–Kier alpha value is -1.42. The summed E-state index contributed by atoms with van der Waals surface area (Å²) in [5.41, 5.74) is 6.32. The first-order valence-electron chi connectivity index (χ1n) is 7.35. The maximum Gasteiger partial charge on any atom is 0.248 e. The van der Waals surface area contributed by atoms with Crippen LogP contribution in [0, 0.1) is 11.2 Å². The summed E-state index contributed by atoms with van der Waals surface area (Å²) in [4.78, 5) is 11.0. The van der Waals surface area contributed by atoms with Crippen LogP contribution < -0.4 is 11.1 Å². The van der Waals surface area contributed by atoms with Crippen LogP contribution >= 0.6 is 0 Å². The lowest BCUT2D eigenvalue weighted by Crippen LogP contribution is -2.31. The Labute approximate surface area is 119 Å². The Morgan fingerprint density at radius 1 is 1.40 bits per heavy atom. The Morgan fingerprint density at radius 2 is 2.10 bits per heavy atom. The molecule has 1 saturated carbocycles. The zero-order valence-corrected chi connectivity index (χ0v) is 12.0. The van der Waals surface area contributed by atoms with Gasteiger partial charge in [0.2, 0.25) is 5.91 Å². The van der Waals surface area contributed by atoms with Gasteiger partial charge in [0.15, 0.2) is 0 Å². The van der Waals surface area contributed by atoms with Crippen molar-refractivity contribution in [1.82, 2.24) is 5.32 Å². The van der Waals surface area contributed by atoms with Gasteiger partial charge in [0.25, 0.3) is 0 Å². The van der Waals surface area contributed by atoms with Crippen molar-refractivity contribution in [3.05, 3.63) is 35.1 Å². The molecule has 2 rings (SSSR count). The Balaban J connectivity index is 1.92. The second-order valence-electron chi connectivity index (χ2n) is 5.83. The number of hydrogen-bond acceptors (Lipinski definition) is 2. The molecule has 0 aliphatic heterocycles. The molecule has 1 amide bonds. The van der Waals surface area contributed by atoms with Gasteiger partial charge in [0.1, 0.15) is 5.82 Å². The predicted molar refractivity (Wildman–Crippen MR) is 77.8 cm³/mol. The minimum Gasteiger partial charge on any atom is -0.366 e. The smallest absolute Gasteiger partial charge is 0.248 e. The number of nitrogens with two attached hydrogens (primary N) is 1. The first-order valence-corrected chi connectivity index (χ1v) is 7.35. The molecule has 1 aliphatic rings. The van der Waals surface area contributed by atoms with E-state index in [0.29, 0.717) is 17.5 Å². The van der Waals surface area contributed by atoms with Crippen LogP contribution in [0.5, 0.6) is 0 Å². The third-order valence-corrected chi connectivity index (χ3v) is 4.57. The number of nitrogens with one attached hydrogen (secondary N) is 1. The van der Waals surface area contributed by atoms with E-state index in [0.717, 1.165) is 6.54 Å². The molecular formula is C16H23FN2O. The van der Waals surface area contributed by atoms with Gasteiger partial charge in [-0.1, -0.05) is 25.8 Å². The fourth-order valence-electron chi connectivity index (χ4n) is 3.09. The molecule has 110 valence electrons. The van der Waals surface area contributed by atoms with E-state index < -0.39 is 5.91 Å². The number of primary amides is 1. The van der Waals surface area contributed by atoms with Crippen molar-refractivity contribution in [3.63, 3.8) is 0 Å². The van der Waals surface area contributed by atoms with Gasteiger partial charge < -0.3 is 11.1 Å². The predicted octanol–water partition coefficient (Wildman–Crippen LogP) is 2.98. The summed E-state index contributed by atoms with van der Waals surface area (Å²) in [6.45, 7) is 3.66. The van der Waals surface area contributed by atoms with Crippen LogP contribution in [-0.2, 0) is 6.54 Å². The van der Waals surface area contributed by atoms with Gasteiger partial charge in [-0.15, -0.1) is 0 Å². The van der Waals surface area contributed by atoms with Gasteiger partial charge in [-0.2, -0.15) is 0 Å². The van der Waals surface area contributed by atoms with E-state index in [9.17, 15) is 9.18 Å². The maximum atomic E-state index is 13.8. The molecule has 3 nitrogen and oxygen atoms in total. The normalized spacial score (nSPS) is 17.3. The average molecular weight is 278 g/mol. The molecule has 1 aliphatic carbocycles. The molecule has 20 heavy (non-hydrogen) atoms. The van der Waals surface area contributed by atoms with Gasteiger partial charge in [0, 0.05) is 24.2 Å². The third kappa shape index (κ3) is 3.37. The Kier molecular flexibility index (Phi) is 4.76. The molecule has 0 bridgehead atoms. The minimum atomic E-state index is -0.598. The highest BCUT2D eigenvalue weighted by Crippen LogP contribution is 2.40. The zero-order valence-electron chi connectivity index (χ0n) is 12.0. The van der Waals surface area contributed by atoms with E-state index >= 15 is 0 Å². The van der Waals surface area contributed by atoms with Crippen molar-refractivity contribution in [3.8, 4) is 0 Å². The molecule has 0 aromatic heterocycles. The topological polar surface area (TPSA) is 55.1 Å². The fourth-order valence-corrected chi connectivity index (χ4v) is 3.09. The molecule has 3 N–H and O–H groups in total. The summed E-state index contributed by atoms with van der Waals surface area (Å²) in [7, 11) is 0. The second kappa shape index (κ2) is 6.35. The van der Waals surface area contributed by atoms with Crippen molar-refractivity contribution in [1.29, 1.82) is 0 Å².